The predicted molar refractivity (Wildman–Crippen MR) is 137 cm³/mol. The zero-order chi connectivity index (χ0) is 26.4. The third-order valence-electron chi connectivity index (χ3n) is 7.50. The lowest BCUT2D eigenvalue weighted by molar-refractivity contribution is -0.119. The summed E-state index contributed by atoms with van der Waals surface area (Å²) in [6.45, 7) is 1.02. The van der Waals surface area contributed by atoms with Crippen LogP contribution in [0, 0.1) is 0 Å². The fraction of sp³-hybridized carbons (Fsp3) is 0.407. The standard InChI is InChI=1S/C27H28N4O7/c1-35-21-9-16-18(28-13-15-5-3-7-30(15)26(16)33)11-23(21)37-14-38-24-12-19-17(10-22(24)36-2)27(34)31-8-4-6-20(31)25(32)29-19/h9-13,15,20H,3-8,14H2,1-2H3,(H,29,32)/t15-,20-/m0/s1. The Morgan fingerprint density at radius 1 is 0.842 bits per heavy atom. The summed E-state index contributed by atoms with van der Waals surface area (Å²) in [5, 5.41) is 2.85. The second-order valence-electron chi connectivity index (χ2n) is 9.61. The molecule has 198 valence electrons. The van der Waals surface area contributed by atoms with Gasteiger partial charge < -0.3 is 34.1 Å². The SMILES string of the molecule is COc1cc2c(cc1OCOc1cc3c(cc1OC)C(=O)N1CCC[C@H]1C(=O)N3)N=C[C@@H]1CCCN1C2=O. The van der Waals surface area contributed by atoms with E-state index in [2.05, 4.69) is 10.3 Å². The van der Waals surface area contributed by atoms with E-state index in [9.17, 15) is 14.4 Å². The van der Waals surface area contributed by atoms with Crippen molar-refractivity contribution in [1.82, 2.24) is 9.80 Å². The van der Waals surface area contributed by atoms with Crippen molar-refractivity contribution in [3.05, 3.63) is 35.4 Å². The Kier molecular flexibility index (Phi) is 6.05. The number of methoxy groups -OCH3 is 2. The maximum atomic E-state index is 13.1. The number of benzene rings is 2. The second-order valence-corrected chi connectivity index (χ2v) is 9.61. The van der Waals surface area contributed by atoms with E-state index in [1.54, 1.807) is 29.2 Å². The van der Waals surface area contributed by atoms with Crippen molar-refractivity contribution in [3.63, 3.8) is 0 Å². The van der Waals surface area contributed by atoms with E-state index in [4.69, 9.17) is 18.9 Å². The number of rotatable bonds is 6. The summed E-state index contributed by atoms with van der Waals surface area (Å²) in [6.07, 6.45) is 5.08. The number of nitrogens with zero attached hydrogens (tertiary/aromatic N) is 3. The Morgan fingerprint density at radius 2 is 1.50 bits per heavy atom. The third-order valence-corrected chi connectivity index (χ3v) is 7.50. The molecule has 1 N–H and O–H groups in total. The molecule has 0 unspecified atom stereocenters. The van der Waals surface area contributed by atoms with Gasteiger partial charge in [-0.05, 0) is 37.8 Å². The molecule has 2 aromatic rings. The Morgan fingerprint density at radius 3 is 2.26 bits per heavy atom. The highest BCUT2D eigenvalue weighted by molar-refractivity contribution is 6.10. The monoisotopic (exact) mass is 520 g/mol. The van der Waals surface area contributed by atoms with Crippen LogP contribution in [0.3, 0.4) is 0 Å². The molecule has 11 nitrogen and oxygen atoms in total. The molecule has 0 bridgehead atoms. The van der Waals surface area contributed by atoms with Gasteiger partial charge in [-0.2, -0.15) is 0 Å². The minimum Gasteiger partial charge on any atom is -0.493 e. The molecular weight excluding hydrogens is 492 g/mol. The minimum absolute atomic E-state index is 0.00184. The maximum absolute atomic E-state index is 13.1. The predicted octanol–water partition coefficient (Wildman–Crippen LogP) is 3.00. The first-order chi connectivity index (χ1) is 18.5. The quantitative estimate of drug-likeness (QED) is 0.582. The molecule has 4 heterocycles. The van der Waals surface area contributed by atoms with Crippen LogP contribution in [-0.4, -0.2) is 79.9 Å². The molecule has 11 heteroatoms. The lowest BCUT2D eigenvalue weighted by Gasteiger charge is -2.20. The molecule has 6 rings (SSSR count). The normalized spacial score (nSPS) is 21.6. The van der Waals surface area contributed by atoms with Gasteiger partial charge in [0.25, 0.3) is 11.8 Å². The number of carbonyl (C=O) groups is 3. The molecule has 0 aliphatic carbocycles. The summed E-state index contributed by atoms with van der Waals surface area (Å²) in [7, 11) is 2.98. The molecule has 2 atom stereocenters. The van der Waals surface area contributed by atoms with Crippen LogP contribution in [0.15, 0.2) is 29.3 Å². The van der Waals surface area contributed by atoms with Crippen molar-refractivity contribution < 1.29 is 33.3 Å². The Labute approximate surface area is 219 Å². The summed E-state index contributed by atoms with van der Waals surface area (Å²) >= 11 is 0. The van der Waals surface area contributed by atoms with Gasteiger partial charge in [0, 0.05) is 31.4 Å². The van der Waals surface area contributed by atoms with Crippen LogP contribution >= 0.6 is 0 Å². The van der Waals surface area contributed by atoms with Crippen LogP contribution in [0.2, 0.25) is 0 Å². The number of aliphatic imine (C=N–C) groups is 1. The Balaban J connectivity index is 1.23. The van der Waals surface area contributed by atoms with E-state index < -0.39 is 6.04 Å². The van der Waals surface area contributed by atoms with Crippen molar-refractivity contribution in [1.29, 1.82) is 0 Å². The summed E-state index contributed by atoms with van der Waals surface area (Å²) in [6, 6.07) is 5.97. The lowest BCUT2D eigenvalue weighted by Crippen LogP contribution is -2.40. The molecule has 2 saturated heterocycles. The first-order valence-electron chi connectivity index (χ1n) is 12.6. The van der Waals surface area contributed by atoms with Crippen LogP contribution in [0.5, 0.6) is 23.0 Å². The van der Waals surface area contributed by atoms with Gasteiger partial charge in [0.1, 0.15) is 6.04 Å². The fourth-order valence-electron chi connectivity index (χ4n) is 5.54. The van der Waals surface area contributed by atoms with Crippen LogP contribution in [0.25, 0.3) is 0 Å². The smallest absolute Gasteiger partial charge is 0.256 e. The van der Waals surface area contributed by atoms with Crippen molar-refractivity contribution in [2.24, 2.45) is 4.99 Å². The van der Waals surface area contributed by atoms with E-state index >= 15 is 0 Å². The summed E-state index contributed by atoms with van der Waals surface area (Å²) < 4.78 is 22.7. The van der Waals surface area contributed by atoms with E-state index in [0.29, 0.717) is 65.0 Å². The lowest BCUT2D eigenvalue weighted by atomic mass is 10.1. The second kappa shape index (κ2) is 9.55. The fourth-order valence-corrected chi connectivity index (χ4v) is 5.54. The van der Waals surface area contributed by atoms with E-state index in [1.807, 2.05) is 11.1 Å². The summed E-state index contributed by atoms with van der Waals surface area (Å²) in [5.41, 5.74) is 1.68. The van der Waals surface area contributed by atoms with Crippen LogP contribution in [-0.2, 0) is 4.79 Å². The van der Waals surface area contributed by atoms with E-state index in [0.717, 1.165) is 19.3 Å². The highest BCUT2D eigenvalue weighted by Gasteiger charge is 2.39. The van der Waals surface area contributed by atoms with Crippen molar-refractivity contribution in [2.75, 3.05) is 39.4 Å². The average molecular weight is 521 g/mol. The number of amides is 3. The van der Waals surface area contributed by atoms with Crippen molar-refractivity contribution in [3.8, 4) is 23.0 Å². The largest absolute Gasteiger partial charge is 0.493 e. The van der Waals surface area contributed by atoms with Crippen LogP contribution in [0.1, 0.15) is 46.4 Å². The Hall–Kier alpha value is -4.28. The zero-order valence-corrected chi connectivity index (χ0v) is 21.2. The van der Waals surface area contributed by atoms with Gasteiger partial charge in [0.2, 0.25) is 12.7 Å². The molecule has 0 radical (unpaired) electrons. The molecule has 2 fully saturated rings. The van der Waals surface area contributed by atoms with E-state index in [1.165, 1.54) is 14.2 Å². The first-order valence-corrected chi connectivity index (χ1v) is 12.6. The van der Waals surface area contributed by atoms with Crippen molar-refractivity contribution >= 4 is 35.3 Å². The van der Waals surface area contributed by atoms with Crippen LogP contribution < -0.4 is 24.3 Å². The van der Waals surface area contributed by atoms with Gasteiger partial charge >= 0.3 is 0 Å². The molecule has 2 aromatic carbocycles. The topological polar surface area (TPSA) is 119 Å². The average Bonchev–Trinajstić information content (AvgIpc) is 3.57. The molecule has 4 aliphatic rings. The zero-order valence-electron chi connectivity index (χ0n) is 21.2. The number of fused-ring (bicyclic) bond motifs is 4. The first kappa shape index (κ1) is 24.1. The highest BCUT2D eigenvalue weighted by atomic mass is 16.7. The minimum atomic E-state index is -0.472. The number of hydrogen-bond donors (Lipinski definition) is 1. The Bertz CT molecular complexity index is 1360. The van der Waals surface area contributed by atoms with Gasteiger partial charge in [-0.1, -0.05) is 0 Å². The van der Waals surface area contributed by atoms with Crippen molar-refractivity contribution in [2.45, 2.75) is 37.8 Å². The van der Waals surface area contributed by atoms with Gasteiger partial charge in [0.05, 0.1) is 42.8 Å². The summed E-state index contributed by atoms with van der Waals surface area (Å²) in [4.78, 5) is 46.9. The maximum Gasteiger partial charge on any atom is 0.256 e. The summed E-state index contributed by atoms with van der Waals surface area (Å²) in [5.74, 6) is 0.852. The molecule has 0 saturated carbocycles. The molecule has 0 aromatic heterocycles. The van der Waals surface area contributed by atoms with Gasteiger partial charge in [-0.15, -0.1) is 0 Å². The van der Waals surface area contributed by atoms with E-state index in [-0.39, 0.29) is 30.6 Å². The molecule has 0 spiro atoms. The number of hydrogen-bond acceptors (Lipinski definition) is 8. The van der Waals surface area contributed by atoms with Crippen LogP contribution in [0.4, 0.5) is 11.4 Å². The van der Waals surface area contributed by atoms with Gasteiger partial charge in [-0.3, -0.25) is 19.4 Å². The number of carbonyl (C=O) groups excluding carboxylic acids is 3. The number of anilines is 1. The third kappa shape index (κ3) is 3.98. The number of ether oxygens (including phenoxy) is 4. The molecular formula is C27H28N4O7. The molecule has 38 heavy (non-hydrogen) atoms. The molecule has 4 aliphatic heterocycles. The van der Waals surface area contributed by atoms with Gasteiger partial charge in [-0.25, -0.2) is 0 Å². The highest BCUT2D eigenvalue weighted by Crippen LogP contribution is 2.40. The number of nitrogens with one attached hydrogen (secondary N) is 1. The molecule has 3 amide bonds. The van der Waals surface area contributed by atoms with Gasteiger partial charge in [0.15, 0.2) is 23.0 Å².